The molecule has 0 spiro atoms. The summed E-state index contributed by atoms with van der Waals surface area (Å²) in [5.41, 5.74) is 8.22. The van der Waals surface area contributed by atoms with E-state index >= 15 is 0 Å². The van der Waals surface area contributed by atoms with Crippen LogP contribution in [-0.4, -0.2) is 0 Å². The van der Waals surface area contributed by atoms with Crippen LogP contribution in [-0.2, 0) is 0 Å². The summed E-state index contributed by atoms with van der Waals surface area (Å²) in [6.07, 6.45) is 0. The average molecular weight is 598 g/mol. The monoisotopic (exact) mass is 597 g/mol. The minimum atomic E-state index is 1.11. The van der Waals surface area contributed by atoms with E-state index < -0.39 is 0 Å². The van der Waals surface area contributed by atoms with Gasteiger partial charge in [0.2, 0.25) is 0 Å². The highest BCUT2D eigenvalue weighted by atomic mass is 15.1. The molecule has 0 aliphatic carbocycles. The molecular formula is C46H31N. The summed E-state index contributed by atoms with van der Waals surface area (Å²) in [6.45, 7) is 0. The van der Waals surface area contributed by atoms with Crippen LogP contribution in [0.25, 0.3) is 65.3 Å². The van der Waals surface area contributed by atoms with Gasteiger partial charge in [0.1, 0.15) is 0 Å². The number of hydrogen-bond donors (Lipinski definition) is 0. The maximum absolute atomic E-state index is 2.42. The van der Waals surface area contributed by atoms with Crippen molar-refractivity contribution in [1.82, 2.24) is 0 Å². The standard InChI is InChI=1S/C46H31N/c1-2-13-37-30-38(23-20-32(37)10-1)33-24-27-39(28-25-33)47(40-29-26-36-22-21-35-12-4-6-16-42(35)45(36)31-40)46-19-8-7-17-44(46)43-18-9-14-34-11-3-5-15-41(34)43/h1-31H. The predicted molar refractivity (Wildman–Crippen MR) is 202 cm³/mol. The first-order valence-corrected chi connectivity index (χ1v) is 16.2. The van der Waals surface area contributed by atoms with E-state index in [9.17, 15) is 0 Å². The van der Waals surface area contributed by atoms with Crippen LogP contribution < -0.4 is 4.90 Å². The van der Waals surface area contributed by atoms with Crippen molar-refractivity contribution >= 4 is 60.2 Å². The Hall–Kier alpha value is -6.18. The molecule has 9 aromatic carbocycles. The Morgan fingerprint density at radius 1 is 0.277 bits per heavy atom. The number of benzene rings is 9. The highest BCUT2D eigenvalue weighted by molar-refractivity contribution is 6.09. The second-order valence-electron chi connectivity index (χ2n) is 12.2. The molecule has 0 N–H and O–H groups in total. The Bertz CT molecular complexity index is 2570. The predicted octanol–water partition coefficient (Wildman–Crippen LogP) is 13.1. The van der Waals surface area contributed by atoms with Gasteiger partial charge in [0.25, 0.3) is 0 Å². The van der Waals surface area contributed by atoms with Crippen LogP contribution in [0.2, 0.25) is 0 Å². The van der Waals surface area contributed by atoms with E-state index in [1.807, 2.05) is 0 Å². The van der Waals surface area contributed by atoms with Gasteiger partial charge in [-0.25, -0.2) is 0 Å². The molecule has 0 saturated carbocycles. The summed E-state index contributed by atoms with van der Waals surface area (Å²) in [4.78, 5) is 2.42. The third kappa shape index (κ3) is 4.81. The van der Waals surface area contributed by atoms with Gasteiger partial charge in [-0.15, -0.1) is 0 Å². The van der Waals surface area contributed by atoms with Gasteiger partial charge in [-0.1, -0.05) is 152 Å². The van der Waals surface area contributed by atoms with Gasteiger partial charge in [-0.2, -0.15) is 0 Å². The van der Waals surface area contributed by atoms with Crippen LogP contribution in [0.1, 0.15) is 0 Å². The molecule has 9 aromatic rings. The maximum atomic E-state index is 2.42. The van der Waals surface area contributed by atoms with Crippen molar-refractivity contribution in [2.75, 3.05) is 4.90 Å². The van der Waals surface area contributed by atoms with Gasteiger partial charge < -0.3 is 4.90 Å². The van der Waals surface area contributed by atoms with E-state index in [0.717, 1.165) is 17.1 Å². The fourth-order valence-electron chi connectivity index (χ4n) is 7.08. The first kappa shape index (κ1) is 27.2. The minimum Gasteiger partial charge on any atom is -0.310 e. The van der Waals surface area contributed by atoms with Crippen molar-refractivity contribution in [3.63, 3.8) is 0 Å². The number of rotatable bonds is 5. The number of anilines is 3. The molecule has 0 heterocycles. The third-order valence-corrected chi connectivity index (χ3v) is 9.42. The number of fused-ring (bicyclic) bond motifs is 5. The van der Waals surface area contributed by atoms with Crippen molar-refractivity contribution in [3.8, 4) is 22.3 Å². The summed E-state index contributed by atoms with van der Waals surface area (Å²) in [7, 11) is 0. The van der Waals surface area contributed by atoms with E-state index in [-0.39, 0.29) is 0 Å². The lowest BCUT2D eigenvalue weighted by Crippen LogP contribution is -2.11. The Morgan fingerprint density at radius 3 is 1.64 bits per heavy atom. The highest BCUT2D eigenvalue weighted by Gasteiger charge is 2.19. The summed E-state index contributed by atoms with van der Waals surface area (Å²) in [6, 6.07) is 68.4. The number of para-hydroxylation sites is 1. The molecule has 47 heavy (non-hydrogen) atoms. The van der Waals surface area contributed by atoms with Crippen molar-refractivity contribution in [3.05, 3.63) is 188 Å². The van der Waals surface area contributed by atoms with Crippen LogP contribution in [0.5, 0.6) is 0 Å². The van der Waals surface area contributed by atoms with Gasteiger partial charge in [0, 0.05) is 16.9 Å². The zero-order chi connectivity index (χ0) is 31.2. The summed E-state index contributed by atoms with van der Waals surface area (Å²) >= 11 is 0. The van der Waals surface area contributed by atoms with Gasteiger partial charge in [0.15, 0.2) is 0 Å². The largest absolute Gasteiger partial charge is 0.310 e. The normalized spacial score (nSPS) is 11.4. The van der Waals surface area contributed by atoms with E-state index in [0.29, 0.717) is 0 Å². The lowest BCUT2D eigenvalue weighted by atomic mass is 9.95. The zero-order valence-electron chi connectivity index (χ0n) is 25.8. The Balaban J connectivity index is 1.25. The maximum Gasteiger partial charge on any atom is 0.0540 e. The van der Waals surface area contributed by atoms with Crippen molar-refractivity contribution in [1.29, 1.82) is 0 Å². The van der Waals surface area contributed by atoms with E-state index in [4.69, 9.17) is 0 Å². The van der Waals surface area contributed by atoms with E-state index in [1.54, 1.807) is 0 Å². The van der Waals surface area contributed by atoms with E-state index in [2.05, 4.69) is 193 Å². The molecule has 0 radical (unpaired) electrons. The fraction of sp³-hybridized carbons (Fsp3) is 0. The summed E-state index contributed by atoms with van der Waals surface area (Å²) < 4.78 is 0. The molecule has 0 aliphatic rings. The molecule has 220 valence electrons. The first-order chi connectivity index (χ1) is 23.3. The molecule has 0 bridgehead atoms. The molecule has 1 nitrogen and oxygen atoms in total. The SMILES string of the molecule is c1ccc(N(c2ccc(-c3ccc4ccccc4c3)cc2)c2ccc3ccc4ccccc4c3c2)c(-c2cccc3ccccc23)c1. The average Bonchev–Trinajstić information content (AvgIpc) is 3.15. The fourth-order valence-corrected chi connectivity index (χ4v) is 7.08. The number of nitrogens with zero attached hydrogens (tertiary/aromatic N) is 1. The van der Waals surface area contributed by atoms with Crippen LogP contribution in [0.4, 0.5) is 17.1 Å². The van der Waals surface area contributed by atoms with E-state index in [1.165, 1.54) is 65.3 Å². The van der Waals surface area contributed by atoms with Gasteiger partial charge >= 0.3 is 0 Å². The lowest BCUT2D eigenvalue weighted by Gasteiger charge is -2.29. The summed E-state index contributed by atoms with van der Waals surface area (Å²) in [5.74, 6) is 0. The number of hydrogen-bond acceptors (Lipinski definition) is 1. The first-order valence-electron chi connectivity index (χ1n) is 16.2. The second-order valence-corrected chi connectivity index (χ2v) is 12.2. The lowest BCUT2D eigenvalue weighted by molar-refractivity contribution is 1.29. The summed E-state index contributed by atoms with van der Waals surface area (Å²) in [5, 5.41) is 10.0. The van der Waals surface area contributed by atoms with Crippen LogP contribution >= 0.6 is 0 Å². The molecule has 0 saturated heterocycles. The Labute approximate surface area is 274 Å². The van der Waals surface area contributed by atoms with Gasteiger partial charge in [0.05, 0.1) is 5.69 Å². The smallest absolute Gasteiger partial charge is 0.0540 e. The minimum absolute atomic E-state index is 1.11. The van der Waals surface area contributed by atoms with Crippen LogP contribution in [0.15, 0.2) is 188 Å². The van der Waals surface area contributed by atoms with Gasteiger partial charge in [-0.3, -0.25) is 0 Å². The van der Waals surface area contributed by atoms with Crippen molar-refractivity contribution < 1.29 is 0 Å². The quantitative estimate of drug-likeness (QED) is 0.178. The molecule has 0 atom stereocenters. The molecule has 9 rings (SSSR count). The molecule has 0 fully saturated rings. The van der Waals surface area contributed by atoms with Gasteiger partial charge in [-0.05, 0) is 96.2 Å². The van der Waals surface area contributed by atoms with Crippen molar-refractivity contribution in [2.45, 2.75) is 0 Å². The molecule has 0 aromatic heterocycles. The molecule has 0 amide bonds. The molecule has 0 aliphatic heterocycles. The molecule has 1 heteroatoms. The molecular weight excluding hydrogens is 567 g/mol. The molecule has 0 unspecified atom stereocenters. The zero-order valence-corrected chi connectivity index (χ0v) is 25.8. The topological polar surface area (TPSA) is 3.24 Å². The van der Waals surface area contributed by atoms with Crippen LogP contribution in [0.3, 0.4) is 0 Å². The Morgan fingerprint density at radius 2 is 0.809 bits per heavy atom. The van der Waals surface area contributed by atoms with Crippen LogP contribution in [0, 0.1) is 0 Å². The third-order valence-electron chi connectivity index (χ3n) is 9.42. The highest BCUT2D eigenvalue weighted by Crippen LogP contribution is 2.44. The van der Waals surface area contributed by atoms with Crippen molar-refractivity contribution in [2.24, 2.45) is 0 Å². The Kier molecular flexibility index (Phi) is 6.54. The second kappa shape index (κ2) is 11.3.